The van der Waals surface area contributed by atoms with E-state index in [0.717, 1.165) is 38.7 Å². The van der Waals surface area contributed by atoms with Crippen molar-refractivity contribution < 1.29 is 11.6 Å². The van der Waals surface area contributed by atoms with Crippen molar-refractivity contribution >= 4 is 44.6 Å². The number of fused-ring (bicyclic) bond motifs is 4. The number of hydrogen-bond donors (Lipinski definition) is 0. The number of nitrogens with zero attached hydrogens (tertiary/aromatic N) is 4. The quantitative estimate of drug-likeness (QED) is 0.166. The van der Waals surface area contributed by atoms with E-state index in [1.165, 1.54) is 67.0 Å². The maximum atomic E-state index is 8.65. The second kappa shape index (κ2) is 15.7. The lowest BCUT2D eigenvalue weighted by molar-refractivity contribution is 0.483. The van der Waals surface area contributed by atoms with Gasteiger partial charge in [-0.2, -0.15) is 0 Å². The van der Waals surface area contributed by atoms with Gasteiger partial charge in [-0.05, 0) is 137 Å². The van der Waals surface area contributed by atoms with Crippen molar-refractivity contribution in [2.24, 2.45) is 0 Å². The molecule has 72 heavy (non-hydrogen) atoms. The van der Waals surface area contributed by atoms with Gasteiger partial charge in [0.05, 0.1) is 29.3 Å². The maximum absolute atomic E-state index is 8.65. The third-order valence-corrected chi connectivity index (χ3v) is 16.0. The highest BCUT2D eigenvalue weighted by Crippen LogP contribution is 2.66. The van der Waals surface area contributed by atoms with Crippen LogP contribution in [0.15, 0.2) is 212 Å². The topological polar surface area (TPSA) is 33.5 Å². The minimum Gasteiger partial charge on any atom is -0.457 e. The molecule has 5 heteroatoms. The molecule has 0 fully saturated rings. The van der Waals surface area contributed by atoms with Crippen molar-refractivity contribution in [3.63, 3.8) is 0 Å². The number of para-hydroxylation sites is 3. The zero-order valence-corrected chi connectivity index (χ0v) is 40.0. The van der Waals surface area contributed by atoms with Crippen molar-refractivity contribution in [3.05, 3.63) is 274 Å². The Morgan fingerprint density at radius 2 is 1.12 bits per heavy atom. The number of aromatic nitrogens is 2. The van der Waals surface area contributed by atoms with E-state index in [-0.39, 0.29) is 53.4 Å². The van der Waals surface area contributed by atoms with Crippen LogP contribution in [-0.2, 0) is 0 Å². The summed E-state index contributed by atoms with van der Waals surface area (Å²) < 4.78 is 51.0. The fraction of sp³-hybridized carbons (Fsp3) is 0.119. The monoisotopic (exact) mass is 931 g/mol. The first-order valence-electron chi connectivity index (χ1n) is 27.4. The van der Waals surface area contributed by atoms with Gasteiger partial charge in [-0.1, -0.05) is 145 Å². The van der Waals surface area contributed by atoms with Gasteiger partial charge in [0.25, 0.3) is 0 Å². The van der Waals surface area contributed by atoms with Gasteiger partial charge in [0, 0.05) is 69.7 Å². The number of hydrogen-bond acceptors (Lipinski definition) is 4. The first kappa shape index (κ1) is 36.3. The second-order valence-corrected chi connectivity index (χ2v) is 20.1. The Morgan fingerprint density at radius 1 is 0.486 bits per heavy atom. The van der Waals surface area contributed by atoms with Gasteiger partial charge in [-0.15, -0.1) is 0 Å². The van der Waals surface area contributed by atoms with Crippen molar-refractivity contribution in [3.8, 4) is 28.4 Å². The van der Waals surface area contributed by atoms with Crippen LogP contribution in [0.1, 0.15) is 91.7 Å². The fourth-order valence-electron chi connectivity index (χ4n) is 13.2. The highest BCUT2D eigenvalue weighted by molar-refractivity contribution is 6.09. The molecule has 4 bridgehead atoms. The van der Waals surface area contributed by atoms with Crippen molar-refractivity contribution in [2.45, 2.75) is 44.4 Å². The fourth-order valence-corrected chi connectivity index (χ4v) is 13.2. The smallest absolute Gasteiger partial charge is 0.137 e. The predicted molar refractivity (Wildman–Crippen MR) is 293 cm³/mol. The van der Waals surface area contributed by atoms with E-state index in [1.54, 1.807) is 6.20 Å². The van der Waals surface area contributed by atoms with Crippen LogP contribution in [0, 0.1) is 20.8 Å². The summed E-state index contributed by atoms with van der Waals surface area (Å²) in [7, 11) is 0. The summed E-state index contributed by atoms with van der Waals surface area (Å²) in [5.41, 5.74) is 22.0. The maximum Gasteiger partial charge on any atom is 0.137 e. The molecule has 6 aliphatic carbocycles. The molecule has 18 rings (SSSR count). The van der Waals surface area contributed by atoms with E-state index in [2.05, 4.69) is 174 Å². The van der Waals surface area contributed by atoms with Crippen LogP contribution in [0.5, 0.6) is 11.5 Å². The molecule has 1 aliphatic heterocycles. The highest BCUT2D eigenvalue weighted by Gasteiger charge is 2.51. The zero-order chi connectivity index (χ0) is 52.1. The molecule has 0 saturated heterocycles. The molecule has 2 atom stereocenters. The number of rotatable bonds is 6. The number of ether oxygens (including phenoxy) is 1. The van der Waals surface area contributed by atoms with Gasteiger partial charge in [0.15, 0.2) is 0 Å². The van der Waals surface area contributed by atoms with Crippen LogP contribution in [0.3, 0.4) is 0 Å². The Morgan fingerprint density at radius 3 is 1.89 bits per heavy atom. The van der Waals surface area contributed by atoms with Crippen LogP contribution in [0.25, 0.3) is 38.8 Å². The normalized spacial score (nSPS) is 18.8. The molecular weight excluding hydrogens is 877 g/mol. The van der Waals surface area contributed by atoms with Gasteiger partial charge in [0.2, 0.25) is 0 Å². The molecule has 9 aromatic carbocycles. The lowest BCUT2D eigenvalue weighted by Crippen LogP contribution is -2.37. The summed E-state index contributed by atoms with van der Waals surface area (Å²) >= 11 is 0. The van der Waals surface area contributed by atoms with E-state index in [4.69, 9.17) is 16.6 Å². The third kappa shape index (κ3) is 6.03. The molecule has 7 aliphatic rings. The molecule has 0 radical (unpaired) electrons. The molecule has 2 unspecified atom stereocenters. The standard InChI is InChI=1S/C67H50N4O/c1-40-28-30-53-54(32-40)67-64-51-23-9-7-21-49(51)63(50-22-8-10-24-52(50)64)65(53)55-33-41(2)34-61(66(55)67)70-39-69(58-26-13-14-27-59(58)70)44-18-15-19-45(36-44)72-46-29-31-48-47-20-11-12-25-57(47)71(60(48)37-46)62-35-42(3)56(38-68-62)43-16-5-4-6-17-43/h4-38,63-65,67H,39H2,1-3H3/i4D,5D,6D,16D,17D. The lowest BCUT2D eigenvalue weighted by Gasteiger charge is -2.51. The summed E-state index contributed by atoms with van der Waals surface area (Å²) in [5, 5.41) is 2.08. The molecule has 0 saturated carbocycles. The van der Waals surface area contributed by atoms with Crippen LogP contribution in [-0.4, -0.2) is 16.2 Å². The van der Waals surface area contributed by atoms with Crippen LogP contribution in [0.2, 0.25) is 0 Å². The molecule has 0 spiro atoms. The molecule has 11 aromatic rings. The van der Waals surface area contributed by atoms with E-state index in [9.17, 15) is 0 Å². The van der Waals surface area contributed by atoms with Gasteiger partial charge in [0.1, 0.15) is 24.0 Å². The van der Waals surface area contributed by atoms with E-state index >= 15 is 0 Å². The SMILES string of the molecule is [2H]c1c([2H])c([2H])c(-c2cnc(-n3c4ccccc4c4ccc(Oc5cccc(N6CN(c7cc(C)cc8c7C7c9cc(C)ccc9C8C8c9ccccc9C7c7ccccc78)c7ccccc76)c5)cc43)cc2C)c([2H])c1[2H]. The highest BCUT2D eigenvalue weighted by atomic mass is 16.5. The van der Waals surface area contributed by atoms with Gasteiger partial charge >= 0.3 is 0 Å². The van der Waals surface area contributed by atoms with E-state index < -0.39 is 6.04 Å². The first-order chi connectivity index (χ1) is 37.5. The molecule has 0 amide bonds. The van der Waals surface area contributed by atoms with Crippen molar-refractivity contribution in [1.29, 1.82) is 0 Å². The van der Waals surface area contributed by atoms with Crippen LogP contribution >= 0.6 is 0 Å². The largest absolute Gasteiger partial charge is 0.457 e. The Bertz CT molecular complexity index is 4280. The average molecular weight is 932 g/mol. The Balaban J connectivity index is 0.807. The van der Waals surface area contributed by atoms with Gasteiger partial charge in [-0.25, -0.2) is 4.98 Å². The lowest BCUT2D eigenvalue weighted by atomic mass is 9.52. The molecular formula is C67H50N4O. The zero-order valence-electron chi connectivity index (χ0n) is 45.0. The Kier molecular flexibility index (Phi) is 7.90. The second-order valence-electron chi connectivity index (χ2n) is 20.1. The summed E-state index contributed by atoms with van der Waals surface area (Å²) in [6, 6.07) is 62.6. The Hall–Kier alpha value is -8.67. The molecule has 5 nitrogen and oxygen atoms in total. The van der Waals surface area contributed by atoms with Crippen molar-refractivity contribution in [2.75, 3.05) is 16.5 Å². The molecule has 3 heterocycles. The molecule has 2 aromatic heterocycles. The van der Waals surface area contributed by atoms with Crippen molar-refractivity contribution in [1.82, 2.24) is 9.55 Å². The summed E-state index contributed by atoms with van der Waals surface area (Å²) in [5.74, 6) is 2.58. The number of anilines is 4. The number of pyridine rings is 1. The minimum atomic E-state index is -0.421. The number of aryl methyl sites for hydroxylation is 3. The van der Waals surface area contributed by atoms with Gasteiger partial charge < -0.3 is 14.5 Å². The summed E-state index contributed by atoms with van der Waals surface area (Å²) in [6.07, 6.45) is 1.62. The van der Waals surface area contributed by atoms with E-state index in [0.29, 0.717) is 29.5 Å². The summed E-state index contributed by atoms with van der Waals surface area (Å²) in [4.78, 5) is 9.88. The minimum absolute atomic E-state index is 0.0973. The summed E-state index contributed by atoms with van der Waals surface area (Å²) in [6.45, 7) is 7.01. The van der Waals surface area contributed by atoms with Gasteiger partial charge in [-0.3, -0.25) is 4.57 Å². The predicted octanol–water partition coefficient (Wildman–Crippen LogP) is 16.7. The first-order valence-corrected chi connectivity index (χ1v) is 24.9. The third-order valence-electron chi connectivity index (χ3n) is 16.0. The Labute approximate surface area is 426 Å². The molecule has 344 valence electrons. The molecule has 0 N–H and O–H groups in total. The average Bonchev–Trinajstić information content (AvgIpc) is 4.11. The van der Waals surface area contributed by atoms with E-state index in [1.807, 2.05) is 37.3 Å². The van der Waals surface area contributed by atoms with Crippen LogP contribution < -0.4 is 14.5 Å². The number of benzene rings is 9. The van der Waals surface area contributed by atoms with Crippen LogP contribution in [0.4, 0.5) is 22.7 Å².